The van der Waals surface area contributed by atoms with E-state index < -0.39 is 6.04 Å². The molecule has 0 radical (unpaired) electrons. The van der Waals surface area contributed by atoms with E-state index in [0.717, 1.165) is 5.56 Å². The Kier molecular flexibility index (Phi) is 4.01. The van der Waals surface area contributed by atoms with Crippen LogP contribution in [-0.4, -0.2) is 21.7 Å². The molecule has 2 atom stereocenters. The van der Waals surface area contributed by atoms with Crippen molar-refractivity contribution in [1.82, 2.24) is 15.1 Å². The van der Waals surface area contributed by atoms with Gasteiger partial charge in [0.1, 0.15) is 6.04 Å². The Morgan fingerprint density at radius 1 is 1.56 bits per heavy atom. The zero-order valence-corrected chi connectivity index (χ0v) is 11.1. The van der Waals surface area contributed by atoms with Gasteiger partial charge in [0.2, 0.25) is 5.91 Å². The maximum absolute atomic E-state index is 12.0. The molecule has 1 saturated carbocycles. The Balaban J connectivity index is 1.90. The fourth-order valence-corrected chi connectivity index (χ4v) is 2.64. The molecule has 1 aromatic heterocycles. The number of rotatable bonds is 4. The highest BCUT2D eigenvalue weighted by Gasteiger charge is 2.25. The zero-order chi connectivity index (χ0) is 13.1. The van der Waals surface area contributed by atoms with Gasteiger partial charge in [0.25, 0.3) is 0 Å². The largest absolute Gasteiger partial charge is 0.352 e. The molecule has 0 aromatic carbocycles. The average Bonchev–Trinajstić information content (AvgIpc) is 2.98. The molecule has 1 aliphatic carbocycles. The van der Waals surface area contributed by atoms with E-state index in [1.807, 2.05) is 7.05 Å². The maximum Gasteiger partial charge on any atom is 0.241 e. The van der Waals surface area contributed by atoms with Crippen LogP contribution in [0.15, 0.2) is 12.4 Å². The summed E-state index contributed by atoms with van der Waals surface area (Å²) in [5.41, 5.74) is 6.69. The molecule has 1 fully saturated rings. The van der Waals surface area contributed by atoms with Crippen molar-refractivity contribution >= 4 is 5.91 Å². The molecule has 1 aliphatic rings. The van der Waals surface area contributed by atoms with Crippen molar-refractivity contribution in [3.8, 4) is 0 Å². The molecule has 18 heavy (non-hydrogen) atoms. The van der Waals surface area contributed by atoms with Crippen molar-refractivity contribution in [3.63, 3.8) is 0 Å². The second-order valence-corrected chi connectivity index (χ2v) is 5.27. The average molecular weight is 250 g/mol. The second-order valence-electron chi connectivity index (χ2n) is 5.27. The number of hydrogen-bond donors (Lipinski definition) is 2. The Morgan fingerprint density at radius 2 is 2.22 bits per heavy atom. The topological polar surface area (TPSA) is 72.9 Å². The van der Waals surface area contributed by atoms with Gasteiger partial charge in [-0.1, -0.05) is 12.8 Å². The first-order chi connectivity index (χ1) is 8.58. The van der Waals surface area contributed by atoms with Crippen LogP contribution in [0.3, 0.4) is 0 Å². The van der Waals surface area contributed by atoms with Crippen LogP contribution in [0.4, 0.5) is 0 Å². The zero-order valence-electron chi connectivity index (χ0n) is 11.1. The summed E-state index contributed by atoms with van der Waals surface area (Å²) < 4.78 is 1.66. The van der Waals surface area contributed by atoms with Crippen LogP contribution in [-0.2, 0) is 11.8 Å². The van der Waals surface area contributed by atoms with E-state index in [1.165, 1.54) is 25.7 Å². The summed E-state index contributed by atoms with van der Waals surface area (Å²) in [7, 11) is 1.81. The number of amides is 1. The Bertz CT molecular complexity index is 409. The van der Waals surface area contributed by atoms with E-state index in [0.29, 0.717) is 5.92 Å². The lowest BCUT2D eigenvalue weighted by Gasteiger charge is -2.22. The predicted octanol–water partition coefficient (Wildman–Crippen LogP) is 1.11. The van der Waals surface area contributed by atoms with Crippen molar-refractivity contribution in [3.05, 3.63) is 18.0 Å². The summed E-state index contributed by atoms with van der Waals surface area (Å²) in [5.74, 6) is 0.498. The summed E-state index contributed by atoms with van der Waals surface area (Å²) in [6.45, 7) is 2.07. The summed E-state index contributed by atoms with van der Waals surface area (Å²) in [4.78, 5) is 12.0. The lowest BCUT2D eigenvalue weighted by atomic mass is 9.99. The standard InChI is InChI=1S/C13H22N4O/c1-9(10-5-3-4-6-10)16-13(18)12(14)11-7-15-17(2)8-11/h7-10,12H,3-6,14H2,1-2H3,(H,16,18)/t9-,12?/m0/s1. The third-order valence-electron chi connectivity index (χ3n) is 3.84. The van der Waals surface area contributed by atoms with Crippen LogP contribution in [0.1, 0.15) is 44.2 Å². The number of aromatic nitrogens is 2. The number of nitrogens with one attached hydrogen (secondary N) is 1. The van der Waals surface area contributed by atoms with E-state index in [1.54, 1.807) is 17.1 Å². The van der Waals surface area contributed by atoms with Crippen molar-refractivity contribution < 1.29 is 4.79 Å². The van der Waals surface area contributed by atoms with Gasteiger partial charge in [0.15, 0.2) is 0 Å². The normalized spacial score (nSPS) is 19.7. The van der Waals surface area contributed by atoms with Crippen molar-refractivity contribution in [1.29, 1.82) is 0 Å². The van der Waals surface area contributed by atoms with Crippen LogP contribution in [0, 0.1) is 5.92 Å². The smallest absolute Gasteiger partial charge is 0.241 e. The third kappa shape index (κ3) is 2.90. The second kappa shape index (κ2) is 5.52. The van der Waals surface area contributed by atoms with Gasteiger partial charge >= 0.3 is 0 Å². The molecule has 0 bridgehead atoms. The Labute approximate surface area is 108 Å². The number of carbonyl (C=O) groups excluding carboxylic acids is 1. The fourth-order valence-electron chi connectivity index (χ4n) is 2.64. The summed E-state index contributed by atoms with van der Waals surface area (Å²) >= 11 is 0. The lowest BCUT2D eigenvalue weighted by Crippen LogP contribution is -2.42. The van der Waals surface area contributed by atoms with Crippen LogP contribution in [0.25, 0.3) is 0 Å². The van der Waals surface area contributed by atoms with Gasteiger partial charge in [-0.15, -0.1) is 0 Å². The molecule has 0 spiro atoms. The predicted molar refractivity (Wildman–Crippen MR) is 69.7 cm³/mol. The Hall–Kier alpha value is -1.36. The fraction of sp³-hybridized carbons (Fsp3) is 0.692. The highest BCUT2D eigenvalue weighted by molar-refractivity contribution is 5.83. The van der Waals surface area contributed by atoms with Gasteiger partial charge in [-0.2, -0.15) is 5.10 Å². The molecule has 1 heterocycles. The number of nitrogens with two attached hydrogens (primary N) is 1. The van der Waals surface area contributed by atoms with Gasteiger partial charge in [-0.3, -0.25) is 9.48 Å². The number of carbonyl (C=O) groups is 1. The van der Waals surface area contributed by atoms with Gasteiger partial charge in [0, 0.05) is 24.8 Å². The monoisotopic (exact) mass is 250 g/mol. The molecule has 0 saturated heterocycles. The molecule has 1 amide bonds. The first-order valence-corrected chi connectivity index (χ1v) is 6.62. The minimum Gasteiger partial charge on any atom is -0.352 e. The van der Waals surface area contributed by atoms with E-state index in [2.05, 4.69) is 17.3 Å². The Morgan fingerprint density at radius 3 is 2.78 bits per heavy atom. The molecule has 5 nitrogen and oxygen atoms in total. The molecular weight excluding hydrogens is 228 g/mol. The van der Waals surface area contributed by atoms with Crippen LogP contribution >= 0.6 is 0 Å². The summed E-state index contributed by atoms with van der Waals surface area (Å²) in [6, 6.07) is -0.412. The number of aryl methyl sites for hydroxylation is 1. The molecule has 3 N–H and O–H groups in total. The molecule has 5 heteroatoms. The molecule has 0 aliphatic heterocycles. The highest BCUT2D eigenvalue weighted by Crippen LogP contribution is 2.27. The maximum atomic E-state index is 12.0. The minimum atomic E-state index is -0.623. The molecular formula is C13H22N4O. The van der Waals surface area contributed by atoms with Crippen molar-refractivity contribution in [2.45, 2.75) is 44.7 Å². The van der Waals surface area contributed by atoms with E-state index in [9.17, 15) is 4.79 Å². The summed E-state index contributed by atoms with van der Waals surface area (Å²) in [5, 5.41) is 7.06. The summed E-state index contributed by atoms with van der Waals surface area (Å²) in [6.07, 6.45) is 8.40. The number of nitrogens with zero attached hydrogens (tertiary/aromatic N) is 2. The van der Waals surface area contributed by atoms with Gasteiger partial charge in [0.05, 0.1) is 6.20 Å². The minimum absolute atomic E-state index is 0.109. The van der Waals surface area contributed by atoms with Crippen molar-refractivity contribution in [2.75, 3.05) is 0 Å². The number of hydrogen-bond acceptors (Lipinski definition) is 3. The molecule has 1 aromatic rings. The van der Waals surface area contributed by atoms with E-state index in [-0.39, 0.29) is 11.9 Å². The van der Waals surface area contributed by atoms with Gasteiger partial charge in [-0.05, 0) is 25.7 Å². The quantitative estimate of drug-likeness (QED) is 0.841. The molecule has 2 rings (SSSR count). The highest BCUT2D eigenvalue weighted by atomic mass is 16.2. The van der Waals surface area contributed by atoms with Gasteiger partial charge in [-0.25, -0.2) is 0 Å². The first-order valence-electron chi connectivity index (χ1n) is 6.62. The molecule has 1 unspecified atom stereocenters. The molecule has 100 valence electrons. The third-order valence-corrected chi connectivity index (χ3v) is 3.84. The van der Waals surface area contributed by atoms with Crippen LogP contribution < -0.4 is 11.1 Å². The van der Waals surface area contributed by atoms with Crippen LogP contribution in [0.5, 0.6) is 0 Å². The van der Waals surface area contributed by atoms with E-state index >= 15 is 0 Å². The SMILES string of the molecule is C[C@H](NC(=O)C(N)c1cnn(C)c1)C1CCCC1. The lowest BCUT2D eigenvalue weighted by molar-refractivity contribution is -0.123. The first kappa shape index (κ1) is 13.1. The van der Waals surface area contributed by atoms with Crippen LogP contribution in [0.2, 0.25) is 0 Å². The van der Waals surface area contributed by atoms with Crippen molar-refractivity contribution in [2.24, 2.45) is 18.7 Å². The van der Waals surface area contributed by atoms with E-state index in [4.69, 9.17) is 5.73 Å². The van der Waals surface area contributed by atoms with Gasteiger partial charge < -0.3 is 11.1 Å².